The SMILES string of the molecule is CCSCCN(C(=O)c1nnc2n1CCCC2)C1CCCCC1. The van der Waals surface area contributed by atoms with E-state index in [2.05, 4.69) is 26.6 Å². The first-order valence-electron chi connectivity index (χ1n) is 9.12. The summed E-state index contributed by atoms with van der Waals surface area (Å²) in [5.41, 5.74) is 0. The van der Waals surface area contributed by atoms with Crippen LogP contribution in [0.2, 0.25) is 0 Å². The third-order valence-electron chi connectivity index (χ3n) is 5.01. The molecule has 1 aromatic heterocycles. The lowest BCUT2D eigenvalue weighted by Crippen LogP contribution is -2.44. The van der Waals surface area contributed by atoms with Crippen LogP contribution in [0.5, 0.6) is 0 Å². The van der Waals surface area contributed by atoms with Gasteiger partial charge in [-0.05, 0) is 31.4 Å². The molecule has 0 unspecified atom stereocenters. The van der Waals surface area contributed by atoms with Gasteiger partial charge in [-0.25, -0.2) is 0 Å². The Hall–Kier alpha value is -1.04. The zero-order valence-corrected chi connectivity index (χ0v) is 15.0. The maximum Gasteiger partial charge on any atom is 0.292 e. The van der Waals surface area contributed by atoms with E-state index >= 15 is 0 Å². The van der Waals surface area contributed by atoms with E-state index in [1.165, 1.54) is 19.3 Å². The van der Waals surface area contributed by atoms with Crippen molar-refractivity contribution in [1.82, 2.24) is 19.7 Å². The monoisotopic (exact) mass is 336 g/mol. The highest BCUT2D eigenvalue weighted by Gasteiger charge is 2.30. The molecular formula is C17H28N4OS. The maximum absolute atomic E-state index is 13.2. The van der Waals surface area contributed by atoms with E-state index in [4.69, 9.17) is 0 Å². The van der Waals surface area contributed by atoms with E-state index in [0.29, 0.717) is 11.9 Å². The highest BCUT2D eigenvalue weighted by Crippen LogP contribution is 2.25. The molecule has 0 atom stereocenters. The molecular weight excluding hydrogens is 308 g/mol. The fraction of sp³-hybridized carbons (Fsp3) is 0.824. The molecule has 0 bridgehead atoms. The lowest BCUT2D eigenvalue weighted by molar-refractivity contribution is 0.0631. The van der Waals surface area contributed by atoms with Gasteiger partial charge in [0, 0.05) is 31.3 Å². The molecule has 1 aromatic rings. The van der Waals surface area contributed by atoms with Gasteiger partial charge in [-0.15, -0.1) is 10.2 Å². The number of carbonyl (C=O) groups is 1. The van der Waals surface area contributed by atoms with Crippen molar-refractivity contribution in [3.8, 4) is 0 Å². The van der Waals surface area contributed by atoms with Gasteiger partial charge < -0.3 is 9.47 Å². The van der Waals surface area contributed by atoms with Crippen LogP contribution >= 0.6 is 11.8 Å². The quantitative estimate of drug-likeness (QED) is 0.749. The van der Waals surface area contributed by atoms with Crippen LogP contribution in [0.1, 0.15) is 68.3 Å². The van der Waals surface area contributed by atoms with Gasteiger partial charge in [0.1, 0.15) is 5.82 Å². The first-order valence-corrected chi connectivity index (χ1v) is 10.3. The van der Waals surface area contributed by atoms with Gasteiger partial charge in [-0.3, -0.25) is 4.79 Å². The molecule has 128 valence electrons. The molecule has 0 radical (unpaired) electrons. The van der Waals surface area contributed by atoms with Crippen LogP contribution in [0.25, 0.3) is 0 Å². The van der Waals surface area contributed by atoms with Crippen molar-refractivity contribution in [3.05, 3.63) is 11.6 Å². The molecule has 2 heterocycles. The lowest BCUT2D eigenvalue weighted by atomic mass is 9.94. The molecule has 3 rings (SSSR count). The van der Waals surface area contributed by atoms with E-state index in [1.807, 2.05) is 11.8 Å². The Balaban J connectivity index is 1.77. The van der Waals surface area contributed by atoms with Crippen LogP contribution in [0, 0.1) is 0 Å². The molecule has 1 fully saturated rings. The van der Waals surface area contributed by atoms with Gasteiger partial charge >= 0.3 is 0 Å². The highest BCUT2D eigenvalue weighted by molar-refractivity contribution is 7.99. The van der Waals surface area contributed by atoms with Gasteiger partial charge in [0.25, 0.3) is 5.91 Å². The molecule has 6 heteroatoms. The number of fused-ring (bicyclic) bond motifs is 1. The van der Waals surface area contributed by atoms with Crippen molar-refractivity contribution in [2.75, 3.05) is 18.1 Å². The molecule has 2 aliphatic rings. The van der Waals surface area contributed by atoms with E-state index in [9.17, 15) is 4.79 Å². The van der Waals surface area contributed by atoms with Crippen molar-refractivity contribution in [3.63, 3.8) is 0 Å². The predicted octanol–water partition coefficient (Wildman–Crippen LogP) is 3.14. The first kappa shape index (κ1) is 16.8. The Morgan fingerprint density at radius 2 is 2.04 bits per heavy atom. The summed E-state index contributed by atoms with van der Waals surface area (Å²) < 4.78 is 2.06. The molecule has 0 spiro atoms. The standard InChI is InChI=1S/C17H28N4OS/c1-2-23-13-12-20(14-8-4-3-5-9-14)17(22)16-19-18-15-10-6-7-11-21(15)16/h14H,2-13H2,1H3. The number of carbonyl (C=O) groups excluding carboxylic acids is 1. The maximum atomic E-state index is 13.2. The van der Waals surface area contributed by atoms with E-state index in [-0.39, 0.29) is 5.91 Å². The smallest absolute Gasteiger partial charge is 0.292 e. The fourth-order valence-corrected chi connectivity index (χ4v) is 4.36. The number of amides is 1. The summed E-state index contributed by atoms with van der Waals surface area (Å²) in [6.45, 7) is 3.90. The lowest BCUT2D eigenvalue weighted by Gasteiger charge is -2.34. The second-order valence-corrected chi connectivity index (χ2v) is 7.93. The number of nitrogens with zero attached hydrogens (tertiary/aromatic N) is 4. The topological polar surface area (TPSA) is 51.0 Å². The molecule has 23 heavy (non-hydrogen) atoms. The molecule has 5 nitrogen and oxygen atoms in total. The highest BCUT2D eigenvalue weighted by atomic mass is 32.2. The van der Waals surface area contributed by atoms with Gasteiger partial charge in [-0.2, -0.15) is 11.8 Å². The molecule has 1 amide bonds. The fourth-order valence-electron chi connectivity index (χ4n) is 3.74. The summed E-state index contributed by atoms with van der Waals surface area (Å²) in [7, 11) is 0. The number of aryl methyl sites for hydroxylation is 1. The summed E-state index contributed by atoms with van der Waals surface area (Å²) in [4.78, 5) is 15.3. The molecule has 0 saturated heterocycles. The van der Waals surface area contributed by atoms with Crippen LogP contribution in [0.3, 0.4) is 0 Å². The van der Waals surface area contributed by atoms with Gasteiger partial charge in [0.05, 0.1) is 0 Å². The largest absolute Gasteiger partial charge is 0.332 e. The van der Waals surface area contributed by atoms with E-state index < -0.39 is 0 Å². The average molecular weight is 337 g/mol. The number of hydrogen-bond acceptors (Lipinski definition) is 4. The minimum absolute atomic E-state index is 0.106. The van der Waals surface area contributed by atoms with Crippen LogP contribution in [-0.2, 0) is 13.0 Å². The van der Waals surface area contributed by atoms with Crippen molar-refractivity contribution in [2.45, 2.75) is 70.9 Å². The Morgan fingerprint density at radius 1 is 1.22 bits per heavy atom. The van der Waals surface area contributed by atoms with Crippen LogP contribution < -0.4 is 0 Å². The number of aromatic nitrogens is 3. The summed E-state index contributed by atoms with van der Waals surface area (Å²) in [6, 6.07) is 0.394. The Morgan fingerprint density at radius 3 is 2.83 bits per heavy atom. The van der Waals surface area contributed by atoms with Crippen molar-refractivity contribution < 1.29 is 4.79 Å². The Labute approximate surface area is 143 Å². The third kappa shape index (κ3) is 3.90. The van der Waals surface area contributed by atoms with Crippen molar-refractivity contribution in [1.29, 1.82) is 0 Å². The number of rotatable bonds is 6. The summed E-state index contributed by atoms with van der Waals surface area (Å²) in [6.07, 6.45) is 9.32. The molecule has 1 saturated carbocycles. The van der Waals surface area contributed by atoms with E-state index in [0.717, 1.165) is 62.5 Å². The second kappa shape index (κ2) is 8.18. The molecule has 1 aliphatic carbocycles. The zero-order chi connectivity index (χ0) is 16.1. The Bertz CT molecular complexity index is 525. The van der Waals surface area contributed by atoms with E-state index in [1.54, 1.807) is 0 Å². The zero-order valence-electron chi connectivity index (χ0n) is 14.2. The van der Waals surface area contributed by atoms with Gasteiger partial charge in [0.2, 0.25) is 5.82 Å². The van der Waals surface area contributed by atoms with Crippen molar-refractivity contribution >= 4 is 17.7 Å². The summed E-state index contributed by atoms with van der Waals surface area (Å²) >= 11 is 1.91. The second-order valence-electron chi connectivity index (χ2n) is 6.54. The van der Waals surface area contributed by atoms with Crippen LogP contribution in [-0.4, -0.2) is 49.7 Å². The molecule has 1 aliphatic heterocycles. The third-order valence-corrected chi connectivity index (χ3v) is 5.89. The minimum atomic E-state index is 0.106. The van der Waals surface area contributed by atoms with Gasteiger partial charge in [0.15, 0.2) is 0 Å². The Kier molecular flexibility index (Phi) is 5.97. The van der Waals surface area contributed by atoms with Gasteiger partial charge in [-0.1, -0.05) is 26.2 Å². The predicted molar refractivity (Wildman–Crippen MR) is 93.9 cm³/mol. The van der Waals surface area contributed by atoms with Crippen LogP contribution in [0.4, 0.5) is 0 Å². The molecule has 0 N–H and O–H groups in total. The van der Waals surface area contributed by atoms with Crippen LogP contribution in [0.15, 0.2) is 0 Å². The summed E-state index contributed by atoms with van der Waals surface area (Å²) in [5, 5.41) is 8.52. The number of thioether (sulfide) groups is 1. The normalized spacial score (nSPS) is 18.7. The summed E-state index contributed by atoms with van der Waals surface area (Å²) in [5.74, 6) is 3.79. The first-order chi connectivity index (χ1) is 11.3. The average Bonchev–Trinajstić information content (AvgIpc) is 3.03. The molecule has 0 aromatic carbocycles. The van der Waals surface area contributed by atoms with Crippen molar-refractivity contribution in [2.24, 2.45) is 0 Å². The minimum Gasteiger partial charge on any atom is -0.332 e. The number of hydrogen-bond donors (Lipinski definition) is 0.